The summed E-state index contributed by atoms with van der Waals surface area (Å²) in [5.74, 6) is 0. The van der Waals surface area contributed by atoms with Gasteiger partial charge in [0.05, 0.1) is 4.75 Å². The van der Waals surface area contributed by atoms with Crippen LogP contribution >= 0.6 is 0 Å². The molecule has 0 rings (SSSR count). The largest absolute Gasteiger partial charge is 0.381 e. The van der Waals surface area contributed by atoms with Crippen molar-refractivity contribution >= 4 is 10.0 Å². The van der Waals surface area contributed by atoms with Gasteiger partial charge in [-0.2, -0.15) is 0 Å². The summed E-state index contributed by atoms with van der Waals surface area (Å²) < 4.78 is 28.7. The summed E-state index contributed by atoms with van der Waals surface area (Å²) in [4.78, 5) is 0. The van der Waals surface area contributed by atoms with E-state index >= 15 is 0 Å². The molecule has 152 valence electrons. The highest BCUT2D eigenvalue weighted by molar-refractivity contribution is 7.90. The third-order valence-electron chi connectivity index (χ3n) is 6.56. The highest BCUT2D eigenvalue weighted by Gasteiger charge is 2.37. The second-order valence-corrected chi connectivity index (χ2v) is 9.48. The number of primary sulfonamides is 1. The van der Waals surface area contributed by atoms with E-state index in [0.717, 1.165) is 25.9 Å². The molecule has 0 saturated heterocycles. The molecule has 0 saturated carbocycles. The molecule has 4 nitrogen and oxygen atoms in total. The second kappa shape index (κ2) is 12.3. The molecule has 0 radical (unpaired) electrons. The van der Waals surface area contributed by atoms with E-state index in [2.05, 4.69) is 20.8 Å². The third-order valence-corrected chi connectivity index (χ3v) is 8.55. The van der Waals surface area contributed by atoms with Crippen LogP contribution in [-0.4, -0.2) is 26.4 Å². The summed E-state index contributed by atoms with van der Waals surface area (Å²) in [7, 11) is -3.49. The Labute approximate surface area is 157 Å². The highest BCUT2D eigenvalue weighted by Crippen LogP contribution is 2.35. The Morgan fingerprint density at radius 2 is 1.16 bits per heavy atom. The zero-order valence-corrected chi connectivity index (χ0v) is 18.2. The fourth-order valence-corrected chi connectivity index (χ4v) is 5.12. The maximum absolute atomic E-state index is 11.9. The van der Waals surface area contributed by atoms with E-state index < -0.39 is 14.8 Å². The van der Waals surface area contributed by atoms with E-state index in [-0.39, 0.29) is 0 Å². The van der Waals surface area contributed by atoms with Gasteiger partial charge in [0.25, 0.3) is 0 Å². The Hall–Kier alpha value is -0.130. The minimum absolute atomic E-state index is 0.525. The van der Waals surface area contributed by atoms with Gasteiger partial charge in [0, 0.05) is 13.2 Å². The molecule has 5 heteroatoms. The monoisotopic (exact) mass is 377 g/mol. The van der Waals surface area contributed by atoms with Crippen LogP contribution in [0.25, 0.3) is 0 Å². The first-order chi connectivity index (χ1) is 11.8. The molecule has 0 bridgehead atoms. The van der Waals surface area contributed by atoms with Gasteiger partial charge in [0.2, 0.25) is 10.0 Å². The van der Waals surface area contributed by atoms with Crippen molar-refractivity contribution in [1.29, 1.82) is 0 Å². The van der Waals surface area contributed by atoms with Crippen molar-refractivity contribution in [2.45, 2.75) is 110 Å². The quantitative estimate of drug-likeness (QED) is 0.366. The second-order valence-electron chi connectivity index (χ2n) is 7.52. The number of hydrogen-bond donors (Lipinski definition) is 1. The van der Waals surface area contributed by atoms with Crippen LogP contribution in [0.3, 0.4) is 0 Å². The molecule has 25 heavy (non-hydrogen) atoms. The molecule has 0 unspecified atom stereocenters. The molecule has 0 fully saturated rings. The van der Waals surface area contributed by atoms with Gasteiger partial charge in [-0.25, -0.2) is 13.6 Å². The van der Waals surface area contributed by atoms with Crippen LogP contribution in [0, 0.1) is 5.41 Å². The van der Waals surface area contributed by atoms with Crippen molar-refractivity contribution in [3.05, 3.63) is 0 Å². The fraction of sp³-hybridized carbons (Fsp3) is 1.00. The SMILES string of the molecule is CCC(CC)(CC)CCCCOCCCCC(CC)(CC)S(N)(=O)=O. The summed E-state index contributed by atoms with van der Waals surface area (Å²) in [6, 6.07) is 0. The lowest BCUT2D eigenvalue weighted by Crippen LogP contribution is -2.42. The van der Waals surface area contributed by atoms with E-state index in [1.165, 1.54) is 32.1 Å². The number of nitrogens with two attached hydrogens (primary N) is 1. The number of ether oxygens (including phenoxy) is 1. The molecule has 2 N–H and O–H groups in total. The fourth-order valence-electron chi connectivity index (χ4n) is 3.89. The van der Waals surface area contributed by atoms with Gasteiger partial charge in [-0.05, 0) is 50.4 Å². The molecule has 0 aromatic carbocycles. The summed E-state index contributed by atoms with van der Waals surface area (Å²) in [6.07, 6.45) is 11.0. The summed E-state index contributed by atoms with van der Waals surface area (Å²) in [5, 5.41) is 5.44. The smallest absolute Gasteiger partial charge is 0.214 e. The summed E-state index contributed by atoms with van der Waals surface area (Å²) in [5.41, 5.74) is 0.525. The number of hydrogen-bond acceptors (Lipinski definition) is 3. The van der Waals surface area contributed by atoms with E-state index in [4.69, 9.17) is 9.88 Å². The lowest BCUT2D eigenvalue weighted by Gasteiger charge is -2.30. The van der Waals surface area contributed by atoms with Crippen LogP contribution in [0.2, 0.25) is 0 Å². The van der Waals surface area contributed by atoms with Gasteiger partial charge in [0.1, 0.15) is 0 Å². The molecule has 0 amide bonds. The predicted molar refractivity (Wildman–Crippen MR) is 108 cm³/mol. The first-order valence-corrected chi connectivity index (χ1v) is 11.9. The van der Waals surface area contributed by atoms with Crippen molar-refractivity contribution in [2.75, 3.05) is 13.2 Å². The van der Waals surface area contributed by atoms with Crippen LogP contribution in [0.15, 0.2) is 0 Å². The third kappa shape index (κ3) is 7.96. The predicted octanol–water partition coefficient (Wildman–Crippen LogP) is 5.41. The van der Waals surface area contributed by atoms with E-state index in [1.54, 1.807) is 0 Å². The number of unbranched alkanes of at least 4 members (excludes halogenated alkanes) is 2. The van der Waals surface area contributed by atoms with Crippen molar-refractivity contribution in [3.8, 4) is 0 Å². The minimum Gasteiger partial charge on any atom is -0.381 e. The van der Waals surface area contributed by atoms with E-state index in [0.29, 0.717) is 31.3 Å². The average molecular weight is 378 g/mol. The molecule has 0 aromatic heterocycles. The van der Waals surface area contributed by atoms with E-state index in [1.807, 2.05) is 13.8 Å². The summed E-state index contributed by atoms with van der Waals surface area (Å²) in [6.45, 7) is 12.3. The van der Waals surface area contributed by atoms with Crippen molar-refractivity contribution in [2.24, 2.45) is 10.6 Å². The highest BCUT2D eigenvalue weighted by atomic mass is 32.2. The lowest BCUT2D eigenvalue weighted by molar-refractivity contribution is 0.119. The van der Waals surface area contributed by atoms with Gasteiger partial charge in [0.15, 0.2) is 0 Å². The van der Waals surface area contributed by atoms with Crippen LogP contribution in [0.5, 0.6) is 0 Å². The molecular formula is C20H43NO3S. The Balaban J connectivity index is 3.91. The Morgan fingerprint density at radius 1 is 0.720 bits per heavy atom. The Kier molecular flexibility index (Phi) is 12.2. The van der Waals surface area contributed by atoms with Crippen LogP contribution in [-0.2, 0) is 14.8 Å². The standard InChI is InChI=1S/C20H43NO3S/c1-6-19(7-2,8-3)15-11-13-17-24-18-14-12-16-20(9-4,10-5)25(21,22)23/h6-18H2,1-5H3,(H2,21,22,23). The van der Waals surface area contributed by atoms with E-state index in [9.17, 15) is 8.42 Å². The normalized spacial score (nSPS) is 13.4. The van der Waals surface area contributed by atoms with Crippen molar-refractivity contribution < 1.29 is 13.2 Å². The maximum Gasteiger partial charge on any atom is 0.214 e. The zero-order valence-electron chi connectivity index (χ0n) is 17.4. The van der Waals surface area contributed by atoms with Crippen molar-refractivity contribution in [1.82, 2.24) is 0 Å². The van der Waals surface area contributed by atoms with Gasteiger partial charge >= 0.3 is 0 Å². The molecule has 0 aliphatic heterocycles. The molecular weight excluding hydrogens is 334 g/mol. The van der Waals surface area contributed by atoms with Crippen LogP contribution in [0.4, 0.5) is 0 Å². The van der Waals surface area contributed by atoms with Gasteiger partial charge in [-0.15, -0.1) is 0 Å². The Morgan fingerprint density at radius 3 is 1.52 bits per heavy atom. The van der Waals surface area contributed by atoms with Crippen LogP contribution in [0.1, 0.15) is 105 Å². The van der Waals surface area contributed by atoms with Gasteiger partial charge in [-0.1, -0.05) is 60.3 Å². The molecule has 0 atom stereocenters. The summed E-state index contributed by atoms with van der Waals surface area (Å²) >= 11 is 0. The maximum atomic E-state index is 11.9. The number of rotatable bonds is 16. The first-order valence-electron chi connectivity index (χ1n) is 10.4. The molecule has 0 heterocycles. The molecule has 0 aliphatic rings. The van der Waals surface area contributed by atoms with Crippen molar-refractivity contribution in [3.63, 3.8) is 0 Å². The lowest BCUT2D eigenvalue weighted by atomic mass is 9.76. The number of sulfonamides is 1. The molecule has 0 aliphatic carbocycles. The van der Waals surface area contributed by atoms with Gasteiger partial charge < -0.3 is 4.74 Å². The first kappa shape index (κ1) is 24.9. The zero-order chi connectivity index (χ0) is 19.4. The Bertz CT molecular complexity index is 418. The molecule has 0 aromatic rings. The average Bonchev–Trinajstić information content (AvgIpc) is 2.60. The van der Waals surface area contributed by atoms with Crippen LogP contribution < -0.4 is 5.14 Å². The minimum atomic E-state index is -3.49. The van der Waals surface area contributed by atoms with Gasteiger partial charge in [-0.3, -0.25) is 0 Å². The molecule has 0 spiro atoms. The topological polar surface area (TPSA) is 69.4 Å².